The van der Waals surface area contributed by atoms with E-state index in [0.29, 0.717) is 13.0 Å². The summed E-state index contributed by atoms with van der Waals surface area (Å²) in [6, 6.07) is 0. The van der Waals surface area contributed by atoms with Crippen molar-refractivity contribution < 1.29 is 31.4 Å². The molecule has 0 saturated heterocycles. The maximum Gasteiger partial charge on any atom is 0.455 e. The summed E-state index contributed by atoms with van der Waals surface area (Å²) in [4.78, 5) is 0. The van der Waals surface area contributed by atoms with Crippen molar-refractivity contribution in [2.75, 3.05) is 26.4 Å². The van der Waals surface area contributed by atoms with Crippen LogP contribution in [-0.2, 0) is 9.47 Å². The first-order valence-corrected chi connectivity index (χ1v) is 4.41. The summed E-state index contributed by atoms with van der Waals surface area (Å²) in [5.41, 5.74) is 0. The predicted molar refractivity (Wildman–Crippen MR) is 42.9 cm³/mol. The minimum atomic E-state index is -5.55. The Kier molecular flexibility index (Phi) is 6.04. The minimum absolute atomic E-state index is 0.175. The van der Waals surface area contributed by atoms with E-state index >= 15 is 0 Å². The highest BCUT2D eigenvalue weighted by molar-refractivity contribution is 4.74. The molecule has 0 fully saturated rings. The van der Waals surface area contributed by atoms with Gasteiger partial charge in [-0.05, 0) is 13.3 Å². The van der Waals surface area contributed by atoms with Gasteiger partial charge in [-0.1, -0.05) is 0 Å². The van der Waals surface area contributed by atoms with Crippen molar-refractivity contribution in [1.82, 2.24) is 0 Å². The van der Waals surface area contributed by atoms with Gasteiger partial charge in [-0.2, -0.15) is 22.0 Å². The summed E-state index contributed by atoms with van der Waals surface area (Å²) < 4.78 is 68.3. The van der Waals surface area contributed by atoms with Crippen LogP contribution in [0.5, 0.6) is 0 Å². The zero-order valence-corrected chi connectivity index (χ0v) is 8.24. The van der Waals surface area contributed by atoms with Crippen LogP contribution in [0.15, 0.2) is 0 Å². The Morgan fingerprint density at radius 1 is 0.933 bits per heavy atom. The average Bonchev–Trinajstić information content (AvgIpc) is 2.09. The lowest BCUT2D eigenvalue weighted by Crippen LogP contribution is -2.40. The summed E-state index contributed by atoms with van der Waals surface area (Å²) >= 11 is 0. The number of rotatable bonds is 7. The van der Waals surface area contributed by atoms with Crippen molar-refractivity contribution in [3.05, 3.63) is 0 Å². The van der Waals surface area contributed by atoms with Crippen molar-refractivity contribution in [2.45, 2.75) is 25.4 Å². The molecule has 0 aliphatic rings. The molecular formula is C8H13F5O2. The maximum atomic E-state index is 12.2. The van der Waals surface area contributed by atoms with Crippen LogP contribution >= 0.6 is 0 Å². The molecule has 0 saturated carbocycles. The molecule has 0 radical (unpaired) electrons. The minimum Gasteiger partial charge on any atom is -0.382 e. The highest BCUT2D eigenvalue weighted by atomic mass is 19.4. The molecule has 0 N–H and O–H groups in total. The molecule has 0 atom stereocenters. The summed E-state index contributed by atoms with van der Waals surface area (Å²) in [7, 11) is 0. The monoisotopic (exact) mass is 236 g/mol. The Morgan fingerprint density at radius 3 is 1.93 bits per heavy atom. The first-order valence-electron chi connectivity index (χ1n) is 4.41. The van der Waals surface area contributed by atoms with Crippen molar-refractivity contribution in [2.24, 2.45) is 0 Å². The van der Waals surface area contributed by atoms with E-state index in [1.165, 1.54) is 0 Å². The number of halogens is 5. The fraction of sp³-hybridized carbons (Fsp3) is 1.00. The molecule has 0 bridgehead atoms. The second-order valence-corrected chi connectivity index (χ2v) is 2.81. The molecule has 2 nitrogen and oxygen atoms in total. The zero-order chi connectivity index (χ0) is 11.9. The van der Waals surface area contributed by atoms with Crippen LogP contribution in [0, 0.1) is 0 Å². The fourth-order valence-electron chi connectivity index (χ4n) is 0.690. The van der Waals surface area contributed by atoms with Crippen LogP contribution in [0.3, 0.4) is 0 Å². The van der Waals surface area contributed by atoms with E-state index in [1.54, 1.807) is 6.92 Å². The number of alkyl halides is 5. The maximum absolute atomic E-state index is 12.2. The Bertz CT molecular complexity index is 169. The van der Waals surface area contributed by atoms with Gasteiger partial charge in [-0.3, -0.25) is 0 Å². The van der Waals surface area contributed by atoms with Gasteiger partial charge in [0.25, 0.3) is 0 Å². The molecule has 0 aromatic heterocycles. The number of ether oxygens (including phenoxy) is 2. The summed E-state index contributed by atoms with van der Waals surface area (Å²) in [6.45, 7) is 0.694. The number of hydrogen-bond acceptors (Lipinski definition) is 2. The van der Waals surface area contributed by atoms with Gasteiger partial charge in [0.15, 0.2) is 0 Å². The molecule has 7 heteroatoms. The van der Waals surface area contributed by atoms with Crippen molar-refractivity contribution in [3.63, 3.8) is 0 Å². The molecule has 0 heterocycles. The van der Waals surface area contributed by atoms with Crippen LogP contribution in [0.2, 0.25) is 0 Å². The van der Waals surface area contributed by atoms with Crippen LogP contribution in [-0.4, -0.2) is 38.5 Å². The fourth-order valence-corrected chi connectivity index (χ4v) is 0.690. The molecular weight excluding hydrogens is 223 g/mol. The summed E-state index contributed by atoms with van der Waals surface area (Å²) in [5.74, 6) is -4.78. The summed E-state index contributed by atoms with van der Waals surface area (Å²) in [6.07, 6.45) is -5.26. The standard InChI is InChI=1S/C8H13F5O2/c1-2-14-4-3-5-15-6-7(9,10)8(11,12)13/h2-6H2,1H3. The molecule has 0 aromatic rings. The van der Waals surface area contributed by atoms with Crippen molar-refractivity contribution >= 4 is 0 Å². The van der Waals surface area contributed by atoms with Crippen LogP contribution in [0.1, 0.15) is 13.3 Å². The van der Waals surface area contributed by atoms with Gasteiger partial charge in [0.05, 0.1) is 0 Å². The van der Waals surface area contributed by atoms with E-state index in [2.05, 4.69) is 4.74 Å². The van der Waals surface area contributed by atoms with E-state index in [-0.39, 0.29) is 13.2 Å². The van der Waals surface area contributed by atoms with Gasteiger partial charge < -0.3 is 9.47 Å². The molecule has 0 spiro atoms. The average molecular weight is 236 g/mol. The van der Waals surface area contributed by atoms with Crippen LogP contribution in [0.4, 0.5) is 22.0 Å². The van der Waals surface area contributed by atoms with Crippen molar-refractivity contribution in [1.29, 1.82) is 0 Å². The Morgan fingerprint density at radius 2 is 1.47 bits per heavy atom. The third kappa shape index (κ3) is 5.88. The van der Waals surface area contributed by atoms with E-state index < -0.39 is 18.7 Å². The predicted octanol–water partition coefficient (Wildman–Crippen LogP) is 2.63. The van der Waals surface area contributed by atoms with Gasteiger partial charge in [0.1, 0.15) is 6.61 Å². The SMILES string of the molecule is CCOCCCOCC(F)(F)C(F)(F)F. The second kappa shape index (κ2) is 6.22. The number of hydrogen-bond donors (Lipinski definition) is 0. The zero-order valence-electron chi connectivity index (χ0n) is 8.24. The van der Waals surface area contributed by atoms with Gasteiger partial charge >= 0.3 is 12.1 Å². The van der Waals surface area contributed by atoms with E-state index in [1.807, 2.05) is 0 Å². The molecule has 0 unspecified atom stereocenters. The van der Waals surface area contributed by atoms with Gasteiger partial charge in [-0.25, -0.2) is 0 Å². The van der Waals surface area contributed by atoms with Crippen LogP contribution in [0.25, 0.3) is 0 Å². The molecule has 0 rings (SSSR count). The molecule has 0 aromatic carbocycles. The quantitative estimate of drug-likeness (QED) is 0.499. The van der Waals surface area contributed by atoms with Crippen molar-refractivity contribution in [3.8, 4) is 0 Å². The van der Waals surface area contributed by atoms with E-state index in [4.69, 9.17) is 4.74 Å². The highest BCUT2D eigenvalue weighted by Gasteiger charge is 2.57. The van der Waals surface area contributed by atoms with Gasteiger partial charge in [0, 0.05) is 19.8 Å². The first-order chi connectivity index (χ1) is 6.81. The molecule has 0 amide bonds. The Labute approximate surface area is 84.3 Å². The van der Waals surface area contributed by atoms with Crippen LogP contribution < -0.4 is 0 Å². The largest absolute Gasteiger partial charge is 0.455 e. The molecule has 15 heavy (non-hydrogen) atoms. The van der Waals surface area contributed by atoms with E-state index in [0.717, 1.165) is 0 Å². The lowest BCUT2D eigenvalue weighted by Gasteiger charge is -2.19. The molecule has 92 valence electrons. The topological polar surface area (TPSA) is 18.5 Å². The third-order valence-electron chi connectivity index (χ3n) is 1.48. The molecule has 0 aliphatic heterocycles. The normalized spacial score (nSPS) is 13.2. The second-order valence-electron chi connectivity index (χ2n) is 2.81. The molecule has 0 aliphatic carbocycles. The smallest absolute Gasteiger partial charge is 0.382 e. The Hall–Kier alpha value is -0.430. The third-order valence-corrected chi connectivity index (χ3v) is 1.48. The lowest BCUT2D eigenvalue weighted by atomic mass is 10.3. The van der Waals surface area contributed by atoms with Gasteiger partial charge in [-0.15, -0.1) is 0 Å². The first kappa shape index (κ1) is 14.6. The lowest BCUT2D eigenvalue weighted by molar-refractivity contribution is -0.296. The van der Waals surface area contributed by atoms with Gasteiger partial charge in [0.2, 0.25) is 0 Å². The highest BCUT2D eigenvalue weighted by Crippen LogP contribution is 2.35. The van der Waals surface area contributed by atoms with E-state index in [9.17, 15) is 22.0 Å². The summed E-state index contributed by atoms with van der Waals surface area (Å²) in [5, 5.41) is 0. The Balaban J connectivity index is 3.58.